The SMILES string of the molecule is Nc1ccc(Cl)cc1NC(=O)CCOC1CCOC1. The number of benzene rings is 1. The van der Waals surface area contributed by atoms with Gasteiger partial charge in [-0.25, -0.2) is 0 Å². The topological polar surface area (TPSA) is 73.6 Å². The summed E-state index contributed by atoms with van der Waals surface area (Å²) in [4.78, 5) is 11.7. The minimum atomic E-state index is -0.145. The highest BCUT2D eigenvalue weighted by Crippen LogP contribution is 2.23. The first-order chi connectivity index (χ1) is 9.15. The Balaban J connectivity index is 1.75. The van der Waals surface area contributed by atoms with Gasteiger partial charge in [-0.15, -0.1) is 0 Å². The van der Waals surface area contributed by atoms with Crippen molar-refractivity contribution in [2.75, 3.05) is 30.9 Å². The second kappa shape index (κ2) is 6.75. The number of nitrogens with two attached hydrogens (primary N) is 1. The minimum absolute atomic E-state index is 0.115. The number of halogens is 1. The third-order valence-electron chi connectivity index (χ3n) is 2.86. The smallest absolute Gasteiger partial charge is 0.226 e. The number of ether oxygens (including phenoxy) is 2. The third kappa shape index (κ3) is 4.38. The lowest BCUT2D eigenvalue weighted by Gasteiger charge is -2.11. The molecule has 5 nitrogen and oxygen atoms in total. The first-order valence-corrected chi connectivity index (χ1v) is 6.57. The van der Waals surface area contributed by atoms with Crippen LogP contribution in [0.2, 0.25) is 5.02 Å². The van der Waals surface area contributed by atoms with E-state index < -0.39 is 0 Å². The van der Waals surface area contributed by atoms with Gasteiger partial charge < -0.3 is 20.5 Å². The molecule has 6 heteroatoms. The lowest BCUT2D eigenvalue weighted by atomic mass is 10.2. The quantitative estimate of drug-likeness (QED) is 0.812. The molecule has 1 aromatic rings. The number of rotatable bonds is 5. The van der Waals surface area contributed by atoms with Crippen molar-refractivity contribution in [1.29, 1.82) is 0 Å². The number of anilines is 2. The fourth-order valence-electron chi connectivity index (χ4n) is 1.81. The summed E-state index contributed by atoms with van der Waals surface area (Å²) in [5.41, 5.74) is 6.76. The van der Waals surface area contributed by atoms with Crippen LogP contribution >= 0.6 is 11.6 Å². The number of nitrogens with one attached hydrogen (secondary N) is 1. The van der Waals surface area contributed by atoms with Gasteiger partial charge in [0.05, 0.1) is 37.1 Å². The summed E-state index contributed by atoms with van der Waals surface area (Å²) in [6.07, 6.45) is 1.29. The summed E-state index contributed by atoms with van der Waals surface area (Å²) in [6, 6.07) is 4.96. The van der Waals surface area contributed by atoms with Gasteiger partial charge in [0.15, 0.2) is 0 Å². The molecule has 0 radical (unpaired) electrons. The fourth-order valence-corrected chi connectivity index (χ4v) is 1.98. The van der Waals surface area contributed by atoms with Crippen molar-refractivity contribution in [3.05, 3.63) is 23.2 Å². The summed E-state index contributed by atoms with van der Waals surface area (Å²) in [7, 11) is 0. The Morgan fingerprint density at radius 1 is 1.58 bits per heavy atom. The Morgan fingerprint density at radius 3 is 3.16 bits per heavy atom. The molecule has 0 bridgehead atoms. The Labute approximate surface area is 117 Å². The van der Waals surface area contributed by atoms with Crippen LogP contribution in [0.3, 0.4) is 0 Å². The highest BCUT2D eigenvalue weighted by Gasteiger charge is 2.16. The monoisotopic (exact) mass is 284 g/mol. The van der Waals surface area contributed by atoms with Crippen LogP contribution in [0.4, 0.5) is 11.4 Å². The highest BCUT2D eigenvalue weighted by molar-refractivity contribution is 6.31. The lowest BCUT2D eigenvalue weighted by Crippen LogP contribution is -2.19. The molecular weight excluding hydrogens is 268 g/mol. The van der Waals surface area contributed by atoms with Crippen LogP contribution in [0.5, 0.6) is 0 Å². The second-order valence-corrected chi connectivity index (χ2v) is 4.82. The van der Waals surface area contributed by atoms with Crippen LogP contribution in [0, 0.1) is 0 Å². The standard InChI is InChI=1S/C13H17ClN2O3/c14-9-1-2-11(15)12(7-9)16-13(17)4-6-19-10-3-5-18-8-10/h1-2,7,10H,3-6,8,15H2,(H,16,17). The maximum atomic E-state index is 11.7. The first kappa shape index (κ1) is 14.1. The number of carbonyl (C=O) groups is 1. The number of hydrogen-bond acceptors (Lipinski definition) is 4. The summed E-state index contributed by atoms with van der Waals surface area (Å²) in [5, 5.41) is 3.25. The van der Waals surface area contributed by atoms with Crippen molar-refractivity contribution in [2.24, 2.45) is 0 Å². The van der Waals surface area contributed by atoms with Crippen LogP contribution in [0.15, 0.2) is 18.2 Å². The van der Waals surface area contributed by atoms with Crippen LogP contribution < -0.4 is 11.1 Å². The number of nitrogen functional groups attached to an aromatic ring is 1. The van der Waals surface area contributed by atoms with E-state index in [4.69, 9.17) is 26.8 Å². The summed E-state index contributed by atoms with van der Waals surface area (Å²) in [6.45, 7) is 1.72. The van der Waals surface area contributed by atoms with Crippen LogP contribution in [0.25, 0.3) is 0 Å². The average molecular weight is 285 g/mol. The molecule has 0 saturated carbocycles. The first-order valence-electron chi connectivity index (χ1n) is 6.19. The molecular formula is C13H17ClN2O3. The lowest BCUT2D eigenvalue weighted by molar-refractivity contribution is -0.117. The van der Waals surface area contributed by atoms with Crippen LogP contribution in [0.1, 0.15) is 12.8 Å². The summed E-state index contributed by atoms with van der Waals surface area (Å²) < 4.78 is 10.7. The molecule has 1 amide bonds. The zero-order chi connectivity index (χ0) is 13.7. The Morgan fingerprint density at radius 2 is 2.42 bits per heavy atom. The van der Waals surface area contributed by atoms with Gasteiger partial charge in [-0.2, -0.15) is 0 Å². The van der Waals surface area contributed by atoms with Crippen molar-refractivity contribution in [3.63, 3.8) is 0 Å². The molecule has 0 aromatic heterocycles. The van der Waals surface area contributed by atoms with E-state index in [1.165, 1.54) is 0 Å². The minimum Gasteiger partial charge on any atom is -0.397 e. The third-order valence-corrected chi connectivity index (χ3v) is 3.10. The Hall–Kier alpha value is -1.30. The van der Waals surface area contributed by atoms with E-state index in [2.05, 4.69) is 5.32 Å². The van der Waals surface area contributed by atoms with E-state index >= 15 is 0 Å². The molecule has 1 aliphatic rings. The molecule has 1 heterocycles. The van der Waals surface area contributed by atoms with E-state index in [9.17, 15) is 4.79 Å². The van der Waals surface area contributed by atoms with E-state index in [1.54, 1.807) is 18.2 Å². The molecule has 0 aliphatic carbocycles. The van der Waals surface area contributed by atoms with Crippen molar-refractivity contribution < 1.29 is 14.3 Å². The predicted octanol–water partition coefficient (Wildman–Crippen LogP) is 2.06. The number of carbonyl (C=O) groups excluding carboxylic acids is 1. The van der Waals surface area contributed by atoms with Crippen LogP contribution in [-0.4, -0.2) is 31.8 Å². The molecule has 1 saturated heterocycles. The second-order valence-electron chi connectivity index (χ2n) is 4.39. The van der Waals surface area contributed by atoms with Crippen molar-refractivity contribution in [3.8, 4) is 0 Å². The van der Waals surface area contributed by atoms with Gasteiger partial charge >= 0.3 is 0 Å². The van der Waals surface area contributed by atoms with Crippen molar-refractivity contribution >= 4 is 28.9 Å². The van der Waals surface area contributed by atoms with Gasteiger partial charge in [0.25, 0.3) is 0 Å². The predicted molar refractivity (Wildman–Crippen MR) is 74.3 cm³/mol. The van der Waals surface area contributed by atoms with Gasteiger partial charge in [0, 0.05) is 11.6 Å². The van der Waals surface area contributed by atoms with Gasteiger partial charge in [-0.3, -0.25) is 4.79 Å². The van der Waals surface area contributed by atoms with Crippen LogP contribution in [-0.2, 0) is 14.3 Å². The van der Waals surface area contributed by atoms with E-state index in [0.29, 0.717) is 29.6 Å². The van der Waals surface area contributed by atoms with Crippen molar-refractivity contribution in [1.82, 2.24) is 0 Å². The van der Waals surface area contributed by atoms with E-state index in [1.807, 2.05) is 0 Å². The summed E-state index contributed by atoms with van der Waals surface area (Å²) >= 11 is 5.85. The Bertz CT molecular complexity index is 448. The maximum absolute atomic E-state index is 11.7. The molecule has 3 N–H and O–H groups in total. The molecule has 1 unspecified atom stereocenters. The van der Waals surface area contributed by atoms with Gasteiger partial charge in [-0.1, -0.05) is 11.6 Å². The molecule has 1 atom stereocenters. The Kier molecular flexibility index (Phi) is 5.01. The molecule has 1 aliphatic heterocycles. The maximum Gasteiger partial charge on any atom is 0.226 e. The molecule has 104 valence electrons. The number of hydrogen-bond donors (Lipinski definition) is 2. The largest absolute Gasteiger partial charge is 0.397 e. The van der Waals surface area contributed by atoms with Gasteiger partial charge in [0.1, 0.15) is 0 Å². The zero-order valence-electron chi connectivity index (χ0n) is 10.5. The van der Waals surface area contributed by atoms with Gasteiger partial charge in [-0.05, 0) is 24.6 Å². The molecule has 19 heavy (non-hydrogen) atoms. The molecule has 1 aromatic carbocycles. The summed E-state index contributed by atoms with van der Waals surface area (Å²) in [5.74, 6) is -0.145. The number of amides is 1. The highest BCUT2D eigenvalue weighted by atomic mass is 35.5. The fraction of sp³-hybridized carbons (Fsp3) is 0.462. The van der Waals surface area contributed by atoms with E-state index in [-0.39, 0.29) is 18.4 Å². The van der Waals surface area contributed by atoms with E-state index in [0.717, 1.165) is 13.0 Å². The normalized spacial score (nSPS) is 18.5. The van der Waals surface area contributed by atoms with Gasteiger partial charge in [0.2, 0.25) is 5.91 Å². The molecule has 0 spiro atoms. The molecule has 2 rings (SSSR count). The molecule has 1 fully saturated rings. The average Bonchev–Trinajstić information content (AvgIpc) is 2.87. The zero-order valence-corrected chi connectivity index (χ0v) is 11.3. The van der Waals surface area contributed by atoms with Crippen molar-refractivity contribution in [2.45, 2.75) is 18.9 Å².